The number of hydrogen-bond donors (Lipinski definition) is 1. The van der Waals surface area contributed by atoms with Crippen LogP contribution in [0.2, 0.25) is 0 Å². The summed E-state index contributed by atoms with van der Waals surface area (Å²) < 4.78 is 11.1. The maximum atomic E-state index is 12.7. The highest BCUT2D eigenvalue weighted by Gasteiger charge is 2.32. The third-order valence-corrected chi connectivity index (χ3v) is 5.04. The van der Waals surface area contributed by atoms with Crippen LogP contribution in [-0.2, 0) is 11.2 Å². The molecule has 2 fully saturated rings. The molecular weight excluding hydrogens is 322 g/mol. The Kier molecular flexibility index (Phi) is 4.38. The van der Waals surface area contributed by atoms with Crippen LogP contribution in [0.1, 0.15) is 18.4 Å². The molecule has 0 saturated carbocycles. The van der Waals surface area contributed by atoms with Crippen molar-refractivity contribution in [2.75, 3.05) is 39.4 Å². The smallest absolute Gasteiger partial charge is 0.317 e. The van der Waals surface area contributed by atoms with Gasteiger partial charge in [0.25, 0.3) is 0 Å². The van der Waals surface area contributed by atoms with Gasteiger partial charge < -0.3 is 24.6 Å². The molecule has 3 heterocycles. The Morgan fingerprint density at radius 2 is 2.04 bits per heavy atom. The van der Waals surface area contributed by atoms with Gasteiger partial charge in [0.15, 0.2) is 11.5 Å². The number of rotatable bonds is 3. The van der Waals surface area contributed by atoms with Crippen LogP contribution in [0, 0.1) is 0 Å². The lowest BCUT2D eigenvalue weighted by molar-refractivity contribution is -0.132. The number of ether oxygens (including phenoxy) is 2. The van der Waals surface area contributed by atoms with E-state index in [0.717, 1.165) is 37.2 Å². The highest BCUT2D eigenvalue weighted by molar-refractivity contribution is 5.80. The van der Waals surface area contributed by atoms with Gasteiger partial charge in [-0.2, -0.15) is 0 Å². The zero-order valence-electron chi connectivity index (χ0n) is 14.2. The maximum Gasteiger partial charge on any atom is 0.317 e. The second-order valence-electron chi connectivity index (χ2n) is 6.72. The van der Waals surface area contributed by atoms with Gasteiger partial charge in [0.05, 0.1) is 12.5 Å². The largest absolute Gasteiger partial charge is 0.486 e. The van der Waals surface area contributed by atoms with Gasteiger partial charge in [0, 0.05) is 26.2 Å². The first kappa shape index (κ1) is 16.1. The predicted octanol–water partition coefficient (Wildman–Crippen LogP) is 1.02. The number of benzene rings is 1. The van der Waals surface area contributed by atoms with E-state index in [1.165, 1.54) is 0 Å². The van der Waals surface area contributed by atoms with E-state index in [1.807, 2.05) is 28.0 Å². The Balaban J connectivity index is 1.39. The maximum absolute atomic E-state index is 12.7. The molecule has 3 aliphatic rings. The Bertz CT molecular complexity index is 678. The monoisotopic (exact) mass is 345 g/mol. The van der Waals surface area contributed by atoms with Crippen molar-refractivity contribution in [3.8, 4) is 11.5 Å². The Labute approximate surface area is 146 Å². The number of amides is 3. The highest BCUT2D eigenvalue weighted by atomic mass is 16.6. The van der Waals surface area contributed by atoms with Gasteiger partial charge in [-0.05, 0) is 30.5 Å². The van der Waals surface area contributed by atoms with Crippen LogP contribution in [0.25, 0.3) is 0 Å². The second-order valence-corrected chi connectivity index (χ2v) is 6.72. The molecule has 0 aliphatic carbocycles. The Hall–Kier alpha value is -2.44. The van der Waals surface area contributed by atoms with E-state index >= 15 is 0 Å². The molecule has 0 radical (unpaired) electrons. The second kappa shape index (κ2) is 6.82. The number of piperidine rings is 1. The van der Waals surface area contributed by atoms with Gasteiger partial charge in [-0.25, -0.2) is 4.79 Å². The minimum atomic E-state index is -0.00821. The van der Waals surface area contributed by atoms with Gasteiger partial charge in [0.1, 0.15) is 13.2 Å². The molecule has 3 amide bonds. The number of carbonyl (C=O) groups excluding carboxylic acids is 2. The first-order valence-electron chi connectivity index (χ1n) is 8.91. The number of nitrogens with zero attached hydrogens (tertiary/aromatic N) is 2. The van der Waals surface area contributed by atoms with Crippen LogP contribution in [0.15, 0.2) is 18.2 Å². The number of likely N-dealkylation sites (tertiary alicyclic amines) is 1. The number of carbonyl (C=O) groups is 2. The van der Waals surface area contributed by atoms with Gasteiger partial charge in [-0.3, -0.25) is 4.79 Å². The Morgan fingerprint density at radius 1 is 1.20 bits per heavy atom. The molecule has 134 valence electrons. The van der Waals surface area contributed by atoms with Crippen molar-refractivity contribution in [3.63, 3.8) is 0 Å². The lowest BCUT2D eigenvalue weighted by Gasteiger charge is -2.37. The van der Waals surface area contributed by atoms with E-state index in [4.69, 9.17) is 9.47 Å². The molecule has 2 saturated heterocycles. The summed E-state index contributed by atoms with van der Waals surface area (Å²) >= 11 is 0. The SMILES string of the molecule is O=C(Cc1ccc2c(c1)OCCO2)N1CCC[C@@H](N2CCNC2=O)C1. The zero-order chi connectivity index (χ0) is 17.2. The first-order valence-corrected chi connectivity index (χ1v) is 8.91. The molecule has 0 unspecified atom stereocenters. The lowest BCUT2D eigenvalue weighted by Crippen LogP contribution is -2.51. The van der Waals surface area contributed by atoms with Gasteiger partial charge in [0.2, 0.25) is 5.91 Å². The van der Waals surface area contributed by atoms with Gasteiger partial charge in [-0.15, -0.1) is 0 Å². The first-order chi connectivity index (χ1) is 12.2. The summed E-state index contributed by atoms with van der Waals surface area (Å²) in [4.78, 5) is 28.3. The van der Waals surface area contributed by atoms with Crippen LogP contribution >= 0.6 is 0 Å². The third kappa shape index (κ3) is 3.36. The summed E-state index contributed by atoms with van der Waals surface area (Å²) in [5, 5.41) is 2.84. The zero-order valence-corrected chi connectivity index (χ0v) is 14.2. The average molecular weight is 345 g/mol. The summed E-state index contributed by atoms with van der Waals surface area (Å²) in [6, 6.07) is 5.79. The van der Waals surface area contributed by atoms with Crippen LogP contribution in [0.3, 0.4) is 0 Å². The summed E-state index contributed by atoms with van der Waals surface area (Å²) in [5.41, 5.74) is 0.926. The Morgan fingerprint density at radius 3 is 2.84 bits per heavy atom. The van der Waals surface area contributed by atoms with E-state index in [0.29, 0.717) is 38.5 Å². The van der Waals surface area contributed by atoms with E-state index < -0.39 is 0 Å². The molecule has 0 aromatic heterocycles. The number of hydrogen-bond acceptors (Lipinski definition) is 4. The number of fused-ring (bicyclic) bond motifs is 1. The fourth-order valence-electron chi connectivity index (χ4n) is 3.75. The summed E-state index contributed by atoms with van der Waals surface area (Å²) in [6.07, 6.45) is 2.23. The van der Waals surface area contributed by atoms with Crippen LogP contribution < -0.4 is 14.8 Å². The van der Waals surface area contributed by atoms with Crippen molar-refractivity contribution < 1.29 is 19.1 Å². The molecule has 3 aliphatic heterocycles. The molecule has 25 heavy (non-hydrogen) atoms. The molecule has 7 heteroatoms. The average Bonchev–Trinajstić information content (AvgIpc) is 3.08. The molecule has 0 bridgehead atoms. The molecule has 1 aromatic carbocycles. The summed E-state index contributed by atoms with van der Waals surface area (Å²) in [5.74, 6) is 1.54. The van der Waals surface area contributed by atoms with Crippen molar-refractivity contribution in [3.05, 3.63) is 23.8 Å². The lowest BCUT2D eigenvalue weighted by atomic mass is 10.0. The van der Waals surface area contributed by atoms with Crippen molar-refractivity contribution >= 4 is 11.9 Å². The molecule has 4 rings (SSSR count). The molecular formula is C18H23N3O4. The minimum Gasteiger partial charge on any atom is -0.486 e. The molecule has 7 nitrogen and oxygen atoms in total. The van der Waals surface area contributed by atoms with E-state index in [-0.39, 0.29) is 18.0 Å². The van der Waals surface area contributed by atoms with Crippen LogP contribution in [0.5, 0.6) is 11.5 Å². The van der Waals surface area contributed by atoms with Crippen molar-refractivity contribution in [1.82, 2.24) is 15.1 Å². The summed E-state index contributed by atoms with van der Waals surface area (Å²) in [7, 11) is 0. The van der Waals surface area contributed by atoms with Crippen molar-refractivity contribution in [2.24, 2.45) is 0 Å². The molecule has 1 atom stereocenters. The van der Waals surface area contributed by atoms with Crippen molar-refractivity contribution in [2.45, 2.75) is 25.3 Å². The molecule has 1 aromatic rings. The normalized spacial score (nSPS) is 22.7. The van der Waals surface area contributed by atoms with Crippen LogP contribution in [-0.4, -0.2) is 67.2 Å². The fourth-order valence-corrected chi connectivity index (χ4v) is 3.75. The van der Waals surface area contributed by atoms with Gasteiger partial charge >= 0.3 is 6.03 Å². The minimum absolute atomic E-state index is 0.00821. The fraction of sp³-hybridized carbons (Fsp3) is 0.556. The highest BCUT2D eigenvalue weighted by Crippen LogP contribution is 2.31. The molecule has 1 N–H and O–H groups in total. The van der Waals surface area contributed by atoms with E-state index in [1.54, 1.807) is 0 Å². The number of urea groups is 1. The molecule has 0 spiro atoms. The quantitative estimate of drug-likeness (QED) is 0.888. The van der Waals surface area contributed by atoms with Gasteiger partial charge in [-0.1, -0.05) is 6.07 Å². The third-order valence-electron chi connectivity index (χ3n) is 5.04. The number of nitrogens with one attached hydrogen (secondary N) is 1. The van der Waals surface area contributed by atoms with E-state index in [9.17, 15) is 9.59 Å². The van der Waals surface area contributed by atoms with Crippen LogP contribution in [0.4, 0.5) is 4.79 Å². The standard InChI is InChI=1S/C18H23N3O4/c22-17(11-13-3-4-15-16(10-13)25-9-8-24-15)20-6-1-2-14(12-20)21-7-5-19-18(21)23/h3-4,10,14H,1-2,5-9,11-12H2,(H,19,23)/t14-/m1/s1. The summed E-state index contributed by atoms with van der Waals surface area (Å²) in [6.45, 7) is 3.90. The van der Waals surface area contributed by atoms with E-state index in [2.05, 4.69) is 5.32 Å². The predicted molar refractivity (Wildman–Crippen MR) is 90.8 cm³/mol. The van der Waals surface area contributed by atoms with Crippen molar-refractivity contribution in [1.29, 1.82) is 0 Å². The topological polar surface area (TPSA) is 71.1 Å².